The van der Waals surface area contributed by atoms with Crippen molar-refractivity contribution in [1.29, 1.82) is 0 Å². The molecule has 0 heterocycles. The number of phosphoric acid groups is 1. The molecule has 0 radical (unpaired) electrons. The van der Waals surface area contributed by atoms with Crippen LogP contribution in [0, 0.1) is 11.8 Å². The summed E-state index contributed by atoms with van der Waals surface area (Å²) in [6, 6.07) is 0. The van der Waals surface area contributed by atoms with E-state index in [1.165, 1.54) is 51.4 Å². The predicted molar refractivity (Wildman–Crippen MR) is 221 cm³/mol. The van der Waals surface area contributed by atoms with Crippen molar-refractivity contribution >= 4 is 25.5 Å². The van der Waals surface area contributed by atoms with Gasteiger partial charge in [0.15, 0.2) is 6.10 Å². The molecular formula is C43H78NO11P. The molecule has 0 aromatic carbocycles. The molecule has 0 spiro atoms. The number of hydrogen-bond donors (Lipinski definition) is 4. The number of carbonyl (C=O) groups excluding carboxylic acids is 3. The summed E-state index contributed by atoms with van der Waals surface area (Å²) in [6.07, 6.45) is 28.2. The van der Waals surface area contributed by atoms with Crippen LogP contribution in [0.15, 0.2) is 24.3 Å². The average molecular weight is 816 g/mol. The minimum absolute atomic E-state index is 0.0183. The van der Waals surface area contributed by atoms with Crippen LogP contribution in [0.25, 0.3) is 0 Å². The maximum absolute atomic E-state index is 12.6. The van der Waals surface area contributed by atoms with Gasteiger partial charge in [0.1, 0.15) is 12.4 Å². The SMILES string of the molecule is CCCCCC/C=C\CCCCCCCCCC(=O)O[C@H](COC(=O)CCCCCC[C@H]1C(=O)C[C@@H](O)[C@@H]1/C=C/[C@@H](O)CCCCC)COP(=O)(O)OCCN. The van der Waals surface area contributed by atoms with Crippen molar-refractivity contribution in [2.45, 2.75) is 193 Å². The average Bonchev–Trinajstić information content (AvgIpc) is 3.44. The molecule has 12 nitrogen and oxygen atoms in total. The zero-order chi connectivity index (χ0) is 41.3. The summed E-state index contributed by atoms with van der Waals surface area (Å²) in [5, 5.41) is 20.7. The van der Waals surface area contributed by atoms with Gasteiger partial charge in [-0.2, -0.15) is 0 Å². The Hall–Kier alpha value is -1.92. The number of unbranched alkanes of at least 4 members (excludes halogenated alkanes) is 16. The van der Waals surface area contributed by atoms with Crippen molar-refractivity contribution in [3.8, 4) is 0 Å². The van der Waals surface area contributed by atoms with Crippen LogP contribution in [-0.4, -0.2) is 77.5 Å². The van der Waals surface area contributed by atoms with Crippen LogP contribution in [0.1, 0.15) is 174 Å². The van der Waals surface area contributed by atoms with Gasteiger partial charge in [0, 0.05) is 37.6 Å². The number of nitrogens with two attached hydrogens (primary N) is 1. The predicted octanol–water partition coefficient (Wildman–Crippen LogP) is 8.98. The number of hydrogen-bond acceptors (Lipinski definition) is 11. The Morgan fingerprint density at radius 1 is 0.804 bits per heavy atom. The third-order valence-electron chi connectivity index (χ3n) is 10.2. The molecule has 0 saturated heterocycles. The van der Waals surface area contributed by atoms with E-state index in [4.69, 9.17) is 24.3 Å². The molecule has 326 valence electrons. The van der Waals surface area contributed by atoms with Crippen molar-refractivity contribution < 1.29 is 52.6 Å². The first-order chi connectivity index (χ1) is 27.0. The number of ether oxygens (including phenoxy) is 2. The number of allylic oxidation sites excluding steroid dienone is 2. The number of rotatable bonds is 37. The van der Waals surface area contributed by atoms with E-state index >= 15 is 0 Å². The first-order valence-corrected chi connectivity index (χ1v) is 23.4. The number of aliphatic hydroxyl groups excluding tert-OH is 2. The zero-order valence-corrected chi connectivity index (χ0v) is 35.7. The quantitative estimate of drug-likeness (QED) is 0.0202. The number of aliphatic hydroxyl groups is 2. The van der Waals surface area contributed by atoms with E-state index in [0.717, 1.165) is 64.2 Å². The molecule has 1 saturated carbocycles. The summed E-state index contributed by atoms with van der Waals surface area (Å²) in [6.45, 7) is 3.34. The molecule has 0 aromatic rings. The van der Waals surface area contributed by atoms with Crippen molar-refractivity contribution in [3.63, 3.8) is 0 Å². The second-order valence-corrected chi connectivity index (χ2v) is 16.8. The molecule has 1 fully saturated rings. The Bertz CT molecular complexity index is 1130. The van der Waals surface area contributed by atoms with Crippen molar-refractivity contribution in [3.05, 3.63) is 24.3 Å². The van der Waals surface area contributed by atoms with Crippen LogP contribution in [0.4, 0.5) is 0 Å². The van der Waals surface area contributed by atoms with Gasteiger partial charge < -0.3 is 30.3 Å². The maximum atomic E-state index is 12.6. The van der Waals surface area contributed by atoms with E-state index < -0.39 is 44.7 Å². The lowest BCUT2D eigenvalue weighted by Crippen LogP contribution is -2.29. The van der Waals surface area contributed by atoms with Gasteiger partial charge in [-0.15, -0.1) is 0 Å². The van der Waals surface area contributed by atoms with Crippen molar-refractivity contribution in [2.24, 2.45) is 17.6 Å². The first kappa shape index (κ1) is 52.1. The van der Waals surface area contributed by atoms with Gasteiger partial charge in [-0.05, 0) is 51.4 Å². The second kappa shape index (κ2) is 34.0. The van der Waals surface area contributed by atoms with Crippen LogP contribution in [0.2, 0.25) is 0 Å². The van der Waals surface area contributed by atoms with E-state index in [2.05, 4.69) is 26.0 Å². The molecular weight excluding hydrogens is 737 g/mol. The van der Waals surface area contributed by atoms with Crippen LogP contribution in [0.3, 0.4) is 0 Å². The van der Waals surface area contributed by atoms with Gasteiger partial charge in [0.05, 0.1) is 25.4 Å². The van der Waals surface area contributed by atoms with E-state index in [0.29, 0.717) is 25.7 Å². The van der Waals surface area contributed by atoms with Gasteiger partial charge in [-0.25, -0.2) is 4.57 Å². The smallest absolute Gasteiger partial charge is 0.462 e. The Morgan fingerprint density at radius 3 is 2.02 bits per heavy atom. The summed E-state index contributed by atoms with van der Waals surface area (Å²) < 4.78 is 32.7. The molecule has 56 heavy (non-hydrogen) atoms. The highest BCUT2D eigenvalue weighted by molar-refractivity contribution is 7.47. The van der Waals surface area contributed by atoms with E-state index in [1.54, 1.807) is 6.08 Å². The molecule has 5 N–H and O–H groups in total. The lowest BCUT2D eigenvalue weighted by Gasteiger charge is -2.20. The number of Topliss-reactive ketones (excluding diaryl/α,β-unsaturated/α-hetero) is 1. The topological polar surface area (TPSA) is 192 Å². The first-order valence-electron chi connectivity index (χ1n) is 21.9. The molecule has 0 aliphatic heterocycles. The highest BCUT2D eigenvalue weighted by Crippen LogP contribution is 2.43. The lowest BCUT2D eigenvalue weighted by atomic mass is 9.88. The zero-order valence-electron chi connectivity index (χ0n) is 34.8. The molecule has 0 amide bonds. The van der Waals surface area contributed by atoms with Crippen LogP contribution in [-0.2, 0) is 37.5 Å². The summed E-state index contributed by atoms with van der Waals surface area (Å²) in [5.41, 5.74) is 5.34. The Morgan fingerprint density at radius 2 is 1.38 bits per heavy atom. The highest BCUT2D eigenvalue weighted by Gasteiger charge is 2.39. The molecule has 0 bridgehead atoms. The fraction of sp³-hybridized carbons (Fsp3) is 0.837. The van der Waals surface area contributed by atoms with Gasteiger partial charge >= 0.3 is 19.8 Å². The van der Waals surface area contributed by atoms with Gasteiger partial charge in [0.25, 0.3) is 0 Å². The molecule has 1 aliphatic carbocycles. The Balaban J connectivity index is 2.37. The van der Waals surface area contributed by atoms with Crippen molar-refractivity contribution in [2.75, 3.05) is 26.4 Å². The van der Waals surface area contributed by atoms with Gasteiger partial charge in [0.2, 0.25) is 0 Å². The van der Waals surface area contributed by atoms with E-state index in [9.17, 15) is 34.1 Å². The van der Waals surface area contributed by atoms with Gasteiger partial charge in [-0.3, -0.25) is 23.4 Å². The minimum atomic E-state index is -4.43. The third-order valence-corrected chi connectivity index (χ3v) is 11.2. The van der Waals surface area contributed by atoms with Gasteiger partial charge in [-0.1, -0.05) is 128 Å². The van der Waals surface area contributed by atoms with Crippen LogP contribution < -0.4 is 5.73 Å². The standard InChI is InChI=1S/C43H78NO11P/c1-3-5-7-8-9-10-11-12-13-14-15-16-17-18-24-28-43(49)55-37(35-54-56(50,51)53-32-31-44)34-52-42(48)27-23-20-19-22-26-38-39(41(47)33-40(38)46)30-29-36(45)25-21-6-4-2/h10-11,29-30,36-39,41,45,47H,3-9,12-28,31-35,44H2,1-2H3,(H,50,51)/b11-10-,30-29+/t36-,37+,38+,39+,41+/m0/s1. The van der Waals surface area contributed by atoms with Crippen LogP contribution in [0.5, 0.6) is 0 Å². The summed E-state index contributed by atoms with van der Waals surface area (Å²) in [4.78, 5) is 47.6. The number of phosphoric ester groups is 1. The Kier molecular flexibility index (Phi) is 31.6. The number of esters is 2. The molecule has 1 rings (SSSR count). The molecule has 1 aliphatic rings. The fourth-order valence-corrected chi connectivity index (χ4v) is 7.64. The maximum Gasteiger partial charge on any atom is 0.472 e. The largest absolute Gasteiger partial charge is 0.472 e. The minimum Gasteiger partial charge on any atom is -0.462 e. The molecule has 6 atom stereocenters. The summed E-state index contributed by atoms with van der Waals surface area (Å²) in [5.74, 6) is -1.51. The molecule has 1 unspecified atom stereocenters. The highest BCUT2D eigenvalue weighted by atomic mass is 31.2. The fourth-order valence-electron chi connectivity index (χ4n) is 6.88. The van der Waals surface area contributed by atoms with Crippen molar-refractivity contribution in [1.82, 2.24) is 0 Å². The number of carbonyl (C=O) groups is 3. The lowest BCUT2D eigenvalue weighted by molar-refractivity contribution is -0.161. The van der Waals surface area contributed by atoms with E-state index in [-0.39, 0.29) is 56.6 Å². The molecule has 13 heteroatoms. The van der Waals surface area contributed by atoms with Crippen LogP contribution >= 0.6 is 7.82 Å². The Labute approximate surface area is 338 Å². The number of ketones is 1. The third kappa shape index (κ3) is 27.7. The monoisotopic (exact) mass is 816 g/mol. The second-order valence-electron chi connectivity index (χ2n) is 15.3. The summed E-state index contributed by atoms with van der Waals surface area (Å²) in [7, 11) is -4.43. The van der Waals surface area contributed by atoms with E-state index in [1.807, 2.05) is 6.08 Å². The summed E-state index contributed by atoms with van der Waals surface area (Å²) >= 11 is 0. The normalized spacial score (nSPS) is 19.5. The molecule has 0 aromatic heterocycles.